The third kappa shape index (κ3) is 2.52. The van der Waals surface area contributed by atoms with E-state index in [-0.39, 0.29) is 0 Å². The molecule has 2 aromatic rings. The summed E-state index contributed by atoms with van der Waals surface area (Å²) in [7, 11) is 0. The first kappa shape index (κ1) is 12.3. The van der Waals surface area contributed by atoms with Crippen molar-refractivity contribution in [3.8, 4) is 0 Å². The molecule has 0 bridgehead atoms. The molecule has 0 radical (unpaired) electrons. The first-order valence-corrected chi connectivity index (χ1v) is 7.09. The van der Waals surface area contributed by atoms with Gasteiger partial charge in [0, 0.05) is 18.5 Å². The van der Waals surface area contributed by atoms with E-state index in [0.29, 0.717) is 19.5 Å². The number of hydrogen-bond acceptors (Lipinski definition) is 4. The van der Waals surface area contributed by atoms with E-state index in [9.17, 15) is 9.90 Å². The molecular weight excluding hydrogens is 260 g/mol. The lowest BCUT2D eigenvalue weighted by molar-refractivity contribution is -0.144. The maximum atomic E-state index is 11.4. The number of benzene rings is 1. The molecule has 0 unspecified atom stereocenters. The molecular formula is C14H14N2O2S. The van der Waals surface area contributed by atoms with E-state index >= 15 is 0 Å². The molecule has 4 nitrogen and oxygen atoms in total. The predicted octanol–water partition coefficient (Wildman–Crippen LogP) is 2.15. The van der Waals surface area contributed by atoms with Crippen molar-refractivity contribution in [3.63, 3.8) is 0 Å². The Morgan fingerprint density at radius 1 is 1.42 bits per heavy atom. The van der Waals surface area contributed by atoms with Crippen LogP contribution >= 0.6 is 11.3 Å². The van der Waals surface area contributed by atoms with Crippen molar-refractivity contribution < 1.29 is 9.90 Å². The van der Waals surface area contributed by atoms with Gasteiger partial charge in [-0.1, -0.05) is 24.3 Å². The molecule has 98 valence electrons. The van der Waals surface area contributed by atoms with E-state index in [0.717, 1.165) is 11.3 Å². The van der Waals surface area contributed by atoms with Crippen LogP contribution in [-0.4, -0.2) is 27.0 Å². The molecule has 1 aliphatic heterocycles. The van der Waals surface area contributed by atoms with Crippen molar-refractivity contribution in [1.29, 1.82) is 0 Å². The summed E-state index contributed by atoms with van der Waals surface area (Å²) in [5.41, 5.74) is 5.08. The standard InChI is InChI=1S/C14H14N2O2S/c17-14(18)13-5-10-3-1-2-4-11(10)6-16(13)7-12-8-19-9-15-12/h1-4,8-9,13H,5-7H2,(H,17,18)/t13-/m0/s1. The highest BCUT2D eigenvalue weighted by molar-refractivity contribution is 7.07. The molecule has 0 amide bonds. The Hall–Kier alpha value is -1.72. The van der Waals surface area contributed by atoms with Gasteiger partial charge < -0.3 is 5.11 Å². The first-order chi connectivity index (χ1) is 9.24. The number of carboxylic acids is 1. The van der Waals surface area contributed by atoms with Crippen molar-refractivity contribution in [2.24, 2.45) is 0 Å². The fourth-order valence-corrected chi connectivity index (χ4v) is 3.06. The second kappa shape index (κ2) is 5.11. The first-order valence-electron chi connectivity index (χ1n) is 6.15. The number of hydrogen-bond donors (Lipinski definition) is 1. The van der Waals surface area contributed by atoms with E-state index in [4.69, 9.17) is 0 Å². The third-order valence-electron chi connectivity index (χ3n) is 3.48. The minimum Gasteiger partial charge on any atom is -0.480 e. The van der Waals surface area contributed by atoms with Crippen molar-refractivity contribution >= 4 is 17.3 Å². The average molecular weight is 274 g/mol. The highest BCUT2D eigenvalue weighted by Gasteiger charge is 2.31. The third-order valence-corrected chi connectivity index (χ3v) is 4.11. The smallest absolute Gasteiger partial charge is 0.321 e. The molecule has 19 heavy (non-hydrogen) atoms. The van der Waals surface area contributed by atoms with Crippen molar-refractivity contribution in [2.45, 2.75) is 25.6 Å². The highest BCUT2D eigenvalue weighted by atomic mass is 32.1. The predicted molar refractivity (Wildman–Crippen MR) is 72.9 cm³/mol. The number of thiazole rings is 1. The SMILES string of the molecule is O=C(O)[C@@H]1Cc2ccccc2CN1Cc1cscn1. The molecule has 0 saturated heterocycles. The second-order valence-electron chi connectivity index (χ2n) is 4.71. The molecule has 0 fully saturated rings. The lowest BCUT2D eigenvalue weighted by Gasteiger charge is -2.33. The summed E-state index contributed by atoms with van der Waals surface area (Å²) in [5, 5.41) is 11.4. The van der Waals surface area contributed by atoms with Crippen LogP contribution in [0.3, 0.4) is 0 Å². The van der Waals surface area contributed by atoms with Gasteiger partial charge >= 0.3 is 5.97 Å². The van der Waals surface area contributed by atoms with Crippen LogP contribution in [0.15, 0.2) is 35.2 Å². The molecule has 3 rings (SSSR count). The molecule has 5 heteroatoms. The fraction of sp³-hybridized carbons (Fsp3) is 0.286. The summed E-state index contributed by atoms with van der Waals surface area (Å²) in [6.45, 7) is 1.26. The maximum absolute atomic E-state index is 11.4. The van der Waals surface area contributed by atoms with Gasteiger partial charge in [-0.3, -0.25) is 9.69 Å². The minimum absolute atomic E-state index is 0.461. The van der Waals surface area contributed by atoms with Gasteiger partial charge in [0.25, 0.3) is 0 Å². The van der Waals surface area contributed by atoms with E-state index < -0.39 is 12.0 Å². The summed E-state index contributed by atoms with van der Waals surface area (Å²) in [5.74, 6) is -0.760. The largest absolute Gasteiger partial charge is 0.480 e. The summed E-state index contributed by atoms with van der Waals surface area (Å²) in [6, 6.07) is 7.60. The van der Waals surface area contributed by atoms with Gasteiger partial charge in [-0.2, -0.15) is 0 Å². The van der Waals surface area contributed by atoms with Crippen molar-refractivity contribution in [3.05, 3.63) is 52.0 Å². The number of rotatable bonds is 3. The number of carbonyl (C=O) groups is 1. The van der Waals surface area contributed by atoms with Gasteiger partial charge in [-0.05, 0) is 17.5 Å². The lowest BCUT2D eigenvalue weighted by atomic mass is 9.94. The van der Waals surface area contributed by atoms with Crippen LogP contribution in [-0.2, 0) is 24.3 Å². The van der Waals surface area contributed by atoms with Crippen LogP contribution in [0.1, 0.15) is 16.8 Å². The Kier molecular flexibility index (Phi) is 3.31. The summed E-state index contributed by atoms with van der Waals surface area (Å²) >= 11 is 1.54. The van der Waals surface area contributed by atoms with Gasteiger partial charge in [0.2, 0.25) is 0 Å². The molecule has 0 saturated carbocycles. The van der Waals surface area contributed by atoms with Gasteiger partial charge in [-0.25, -0.2) is 4.98 Å². The topological polar surface area (TPSA) is 53.4 Å². The van der Waals surface area contributed by atoms with Crippen LogP contribution < -0.4 is 0 Å². The summed E-state index contributed by atoms with van der Waals surface area (Å²) in [6.07, 6.45) is 0.565. The van der Waals surface area contributed by atoms with Gasteiger partial charge in [0.1, 0.15) is 6.04 Å². The molecule has 0 spiro atoms. The molecule has 1 aromatic carbocycles. The highest BCUT2D eigenvalue weighted by Crippen LogP contribution is 2.25. The number of aliphatic carboxylic acids is 1. The van der Waals surface area contributed by atoms with Crippen LogP contribution in [0.2, 0.25) is 0 Å². The molecule has 1 aromatic heterocycles. The van der Waals surface area contributed by atoms with Gasteiger partial charge in [-0.15, -0.1) is 11.3 Å². The number of carboxylic acid groups (broad SMARTS) is 1. The molecule has 1 aliphatic rings. The maximum Gasteiger partial charge on any atom is 0.321 e. The molecule has 1 atom stereocenters. The molecule has 2 heterocycles. The quantitative estimate of drug-likeness (QED) is 0.932. The summed E-state index contributed by atoms with van der Waals surface area (Å²) in [4.78, 5) is 17.7. The van der Waals surface area contributed by atoms with E-state index in [1.54, 1.807) is 5.51 Å². The van der Waals surface area contributed by atoms with E-state index in [1.807, 2.05) is 28.5 Å². The zero-order valence-electron chi connectivity index (χ0n) is 10.3. The van der Waals surface area contributed by atoms with Gasteiger partial charge in [0.05, 0.1) is 11.2 Å². The number of fused-ring (bicyclic) bond motifs is 1. The van der Waals surface area contributed by atoms with E-state index in [1.165, 1.54) is 16.9 Å². The van der Waals surface area contributed by atoms with Crippen LogP contribution in [0.5, 0.6) is 0 Å². The van der Waals surface area contributed by atoms with Gasteiger partial charge in [0.15, 0.2) is 0 Å². The normalized spacial score (nSPS) is 19.1. The Labute approximate surface area is 115 Å². The van der Waals surface area contributed by atoms with E-state index in [2.05, 4.69) is 11.1 Å². The fourth-order valence-electron chi connectivity index (χ4n) is 2.51. The molecule has 0 aliphatic carbocycles. The average Bonchev–Trinajstić information content (AvgIpc) is 2.90. The Morgan fingerprint density at radius 3 is 2.89 bits per heavy atom. The zero-order chi connectivity index (χ0) is 13.2. The Bertz CT molecular complexity index is 583. The Balaban J connectivity index is 1.87. The van der Waals surface area contributed by atoms with Crippen LogP contribution in [0.4, 0.5) is 0 Å². The van der Waals surface area contributed by atoms with Crippen molar-refractivity contribution in [2.75, 3.05) is 0 Å². The lowest BCUT2D eigenvalue weighted by Crippen LogP contribution is -2.45. The second-order valence-corrected chi connectivity index (χ2v) is 5.43. The minimum atomic E-state index is -0.760. The van der Waals surface area contributed by atoms with Crippen LogP contribution in [0.25, 0.3) is 0 Å². The number of aromatic nitrogens is 1. The Morgan fingerprint density at radius 2 is 2.21 bits per heavy atom. The summed E-state index contributed by atoms with van der Waals surface area (Å²) < 4.78 is 0. The monoisotopic (exact) mass is 274 g/mol. The molecule has 1 N–H and O–H groups in total. The van der Waals surface area contributed by atoms with Crippen molar-refractivity contribution in [1.82, 2.24) is 9.88 Å². The zero-order valence-corrected chi connectivity index (χ0v) is 11.1. The van der Waals surface area contributed by atoms with Crippen LogP contribution in [0, 0.1) is 0 Å². The number of nitrogens with zero attached hydrogens (tertiary/aromatic N) is 2.